The van der Waals surface area contributed by atoms with Crippen LogP contribution in [-0.4, -0.2) is 48.1 Å². The zero-order chi connectivity index (χ0) is 18.3. The molecule has 1 aromatic carbocycles. The Bertz CT molecular complexity index is 935. The van der Waals surface area contributed by atoms with E-state index >= 15 is 0 Å². The van der Waals surface area contributed by atoms with Crippen molar-refractivity contribution in [1.29, 1.82) is 0 Å². The maximum absolute atomic E-state index is 13.0. The van der Waals surface area contributed by atoms with Crippen molar-refractivity contribution < 1.29 is 13.7 Å². The number of benzene rings is 1. The largest absolute Gasteiger partial charge is 0.461 e. The lowest BCUT2D eigenvalue weighted by atomic mass is 9.96. The number of nitrogens with zero attached hydrogens (tertiary/aromatic N) is 4. The lowest BCUT2D eigenvalue weighted by Gasteiger charge is -2.30. The molecule has 0 bridgehead atoms. The Balaban J connectivity index is 1.48. The Morgan fingerprint density at radius 3 is 2.65 bits per heavy atom. The van der Waals surface area contributed by atoms with Gasteiger partial charge in [0, 0.05) is 38.5 Å². The summed E-state index contributed by atoms with van der Waals surface area (Å²) in [5, 5.41) is 4.86. The van der Waals surface area contributed by atoms with E-state index in [9.17, 15) is 4.79 Å². The predicted octanol–water partition coefficient (Wildman–Crippen LogP) is 3.21. The monoisotopic (exact) mass is 354 g/mol. The van der Waals surface area contributed by atoms with Gasteiger partial charge in [0.25, 0.3) is 11.9 Å². The van der Waals surface area contributed by atoms with Gasteiger partial charge in [0.05, 0.1) is 5.56 Å². The standard InChI is InChI=1S/C19H22N4O3/c1-12-16(14-6-4-5-7-15(14)25-12)18(24)23-10-8-13(9-11-23)17-20-19(21-26-17)22(2)3/h4-7,13H,8-11H2,1-3H3. The van der Waals surface area contributed by atoms with Crippen molar-refractivity contribution >= 4 is 22.8 Å². The molecule has 1 saturated heterocycles. The van der Waals surface area contributed by atoms with Gasteiger partial charge in [-0.25, -0.2) is 0 Å². The van der Waals surface area contributed by atoms with Crippen LogP contribution in [0.25, 0.3) is 11.0 Å². The van der Waals surface area contributed by atoms with Crippen LogP contribution in [0.4, 0.5) is 5.95 Å². The lowest BCUT2D eigenvalue weighted by Crippen LogP contribution is -2.38. The normalized spacial score (nSPS) is 15.6. The smallest absolute Gasteiger partial charge is 0.265 e. The molecule has 0 N–H and O–H groups in total. The Morgan fingerprint density at radius 1 is 1.23 bits per heavy atom. The molecule has 7 nitrogen and oxygen atoms in total. The fraction of sp³-hybridized carbons (Fsp3) is 0.421. The van der Waals surface area contributed by atoms with Crippen LogP contribution in [0, 0.1) is 6.92 Å². The molecule has 1 aliphatic heterocycles. The summed E-state index contributed by atoms with van der Waals surface area (Å²) in [4.78, 5) is 21.2. The summed E-state index contributed by atoms with van der Waals surface area (Å²) in [6, 6.07) is 7.67. The first-order chi connectivity index (χ1) is 12.5. The van der Waals surface area contributed by atoms with Crippen molar-refractivity contribution in [2.75, 3.05) is 32.1 Å². The molecule has 1 aliphatic rings. The van der Waals surface area contributed by atoms with E-state index in [0.717, 1.165) is 23.8 Å². The van der Waals surface area contributed by atoms with Gasteiger partial charge < -0.3 is 18.7 Å². The molecule has 3 aromatic rings. The number of furan rings is 1. The first kappa shape index (κ1) is 16.6. The van der Waals surface area contributed by atoms with Gasteiger partial charge in [-0.1, -0.05) is 18.2 Å². The molecule has 1 fully saturated rings. The number of piperidine rings is 1. The minimum absolute atomic E-state index is 0.0328. The number of hydrogen-bond acceptors (Lipinski definition) is 6. The molecule has 4 rings (SSSR count). The molecule has 0 unspecified atom stereocenters. The summed E-state index contributed by atoms with van der Waals surface area (Å²) >= 11 is 0. The van der Waals surface area contributed by atoms with Crippen LogP contribution in [-0.2, 0) is 0 Å². The van der Waals surface area contributed by atoms with Crippen molar-refractivity contribution in [2.24, 2.45) is 0 Å². The Hall–Kier alpha value is -2.83. The van der Waals surface area contributed by atoms with E-state index in [0.29, 0.717) is 36.3 Å². The van der Waals surface area contributed by atoms with Crippen LogP contribution < -0.4 is 4.90 Å². The van der Waals surface area contributed by atoms with Crippen LogP contribution in [0.15, 0.2) is 33.2 Å². The zero-order valence-electron chi connectivity index (χ0n) is 15.2. The highest BCUT2D eigenvalue weighted by Gasteiger charge is 2.30. The second kappa shape index (κ2) is 6.48. The molecule has 0 spiro atoms. The zero-order valence-corrected chi connectivity index (χ0v) is 15.2. The molecule has 26 heavy (non-hydrogen) atoms. The minimum atomic E-state index is 0.0328. The number of aryl methyl sites for hydroxylation is 1. The van der Waals surface area contributed by atoms with Gasteiger partial charge in [-0.05, 0) is 31.0 Å². The second-order valence-electron chi connectivity index (χ2n) is 6.92. The van der Waals surface area contributed by atoms with Crippen molar-refractivity contribution in [1.82, 2.24) is 15.0 Å². The summed E-state index contributed by atoms with van der Waals surface area (Å²) in [7, 11) is 3.76. The summed E-state index contributed by atoms with van der Waals surface area (Å²) < 4.78 is 11.1. The van der Waals surface area contributed by atoms with Gasteiger partial charge in [-0.2, -0.15) is 4.98 Å². The number of para-hydroxylation sites is 1. The van der Waals surface area contributed by atoms with E-state index in [1.165, 1.54) is 0 Å². The molecule has 2 aromatic heterocycles. The van der Waals surface area contributed by atoms with Crippen molar-refractivity contribution in [2.45, 2.75) is 25.7 Å². The molecule has 0 radical (unpaired) electrons. The average molecular weight is 354 g/mol. The Morgan fingerprint density at radius 2 is 1.96 bits per heavy atom. The van der Waals surface area contributed by atoms with Gasteiger partial charge in [-0.3, -0.25) is 4.79 Å². The van der Waals surface area contributed by atoms with E-state index < -0.39 is 0 Å². The summed E-state index contributed by atoms with van der Waals surface area (Å²) in [5.41, 5.74) is 1.43. The highest BCUT2D eigenvalue weighted by molar-refractivity contribution is 6.07. The fourth-order valence-corrected chi connectivity index (χ4v) is 3.50. The number of anilines is 1. The first-order valence-corrected chi connectivity index (χ1v) is 8.83. The molecule has 0 aliphatic carbocycles. The number of amides is 1. The average Bonchev–Trinajstić information content (AvgIpc) is 3.25. The Labute approximate surface area is 151 Å². The molecule has 7 heteroatoms. The first-order valence-electron chi connectivity index (χ1n) is 8.83. The van der Waals surface area contributed by atoms with Crippen molar-refractivity contribution in [3.8, 4) is 0 Å². The van der Waals surface area contributed by atoms with Crippen LogP contribution in [0.3, 0.4) is 0 Å². The van der Waals surface area contributed by atoms with Crippen LogP contribution >= 0.6 is 0 Å². The maximum atomic E-state index is 13.0. The van der Waals surface area contributed by atoms with Crippen LogP contribution in [0.2, 0.25) is 0 Å². The fourth-order valence-electron chi connectivity index (χ4n) is 3.50. The summed E-state index contributed by atoms with van der Waals surface area (Å²) in [5.74, 6) is 2.14. The molecular weight excluding hydrogens is 332 g/mol. The summed E-state index contributed by atoms with van der Waals surface area (Å²) in [6.07, 6.45) is 1.63. The van der Waals surface area contributed by atoms with Gasteiger partial charge in [-0.15, -0.1) is 0 Å². The third-order valence-electron chi connectivity index (χ3n) is 4.95. The third kappa shape index (κ3) is 2.83. The van der Waals surface area contributed by atoms with Crippen LogP contribution in [0.1, 0.15) is 40.8 Å². The number of carbonyl (C=O) groups excluding carboxylic acids is 1. The number of hydrogen-bond donors (Lipinski definition) is 0. The highest BCUT2D eigenvalue weighted by Crippen LogP contribution is 2.31. The number of rotatable bonds is 3. The van der Waals surface area contributed by atoms with Gasteiger partial charge in [0.1, 0.15) is 11.3 Å². The molecular formula is C19H22N4O3. The number of aromatic nitrogens is 2. The van der Waals surface area contributed by atoms with E-state index in [1.807, 2.05) is 55.1 Å². The van der Waals surface area contributed by atoms with Gasteiger partial charge >= 0.3 is 0 Å². The molecule has 0 saturated carbocycles. The molecule has 0 atom stereocenters. The van der Waals surface area contributed by atoms with Gasteiger partial charge in [0.15, 0.2) is 0 Å². The third-order valence-corrected chi connectivity index (χ3v) is 4.95. The summed E-state index contributed by atoms with van der Waals surface area (Å²) in [6.45, 7) is 3.19. The van der Waals surface area contributed by atoms with E-state index in [-0.39, 0.29) is 11.8 Å². The molecule has 3 heterocycles. The number of fused-ring (bicyclic) bond motifs is 1. The molecule has 136 valence electrons. The molecule has 1 amide bonds. The minimum Gasteiger partial charge on any atom is -0.461 e. The van der Waals surface area contributed by atoms with E-state index in [2.05, 4.69) is 10.1 Å². The predicted molar refractivity (Wildman–Crippen MR) is 97.5 cm³/mol. The van der Waals surface area contributed by atoms with Crippen LogP contribution in [0.5, 0.6) is 0 Å². The van der Waals surface area contributed by atoms with E-state index in [4.69, 9.17) is 8.94 Å². The topological polar surface area (TPSA) is 75.6 Å². The van der Waals surface area contributed by atoms with Gasteiger partial charge in [0.2, 0.25) is 5.89 Å². The quantitative estimate of drug-likeness (QED) is 0.719. The SMILES string of the molecule is Cc1oc2ccccc2c1C(=O)N1CCC(c2nc(N(C)C)no2)CC1. The Kier molecular flexibility index (Phi) is 4.14. The lowest BCUT2D eigenvalue weighted by molar-refractivity contribution is 0.0704. The number of carbonyl (C=O) groups is 1. The van der Waals surface area contributed by atoms with E-state index in [1.54, 1.807) is 0 Å². The van der Waals surface area contributed by atoms with Crippen molar-refractivity contribution in [3.63, 3.8) is 0 Å². The van der Waals surface area contributed by atoms with Crippen molar-refractivity contribution in [3.05, 3.63) is 41.5 Å². The second-order valence-corrected chi connectivity index (χ2v) is 6.92. The maximum Gasteiger partial charge on any atom is 0.265 e. The highest BCUT2D eigenvalue weighted by atomic mass is 16.5. The number of likely N-dealkylation sites (tertiary alicyclic amines) is 1.